The van der Waals surface area contributed by atoms with E-state index < -0.39 is 0 Å². The van der Waals surface area contributed by atoms with Crippen LogP contribution in [-0.2, 0) is 0 Å². The van der Waals surface area contributed by atoms with Gasteiger partial charge in [-0.3, -0.25) is 0 Å². The first-order chi connectivity index (χ1) is 6.29. The lowest BCUT2D eigenvalue weighted by Crippen LogP contribution is -2.16. The van der Waals surface area contributed by atoms with Crippen molar-refractivity contribution in [3.05, 3.63) is 30.3 Å². The van der Waals surface area contributed by atoms with Crippen molar-refractivity contribution < 1.29 is 0 Å². The van der Waals surface area contributed by atoms with Crippen LogP contribution >= 0.6 is 0 Å². The van der Waals surface area contributed by atoms with Crippen molar-refractivity contribution >= 4 is 5.69 Å². The van der Waals surface area contributed by atoms with Gasteiger partial charge in [0.1, 0.15) is 0 Å². The molecule has 0 aliphatic rings. The topological polar surface area (TPSA) is 15.3 Å². The van der Waals surface area contributed by atoms with E-state index in [2.05, 4.69) is 36.4 Å². The van der Waals surface area contributed by atoms with Crippen LogP contribution in [0.2, 0.25) is 0 Å². The molecular formula is C11H17N2. The van der Waals surface area contributed by atoms with Crippen molar-refractivity contribution in [1.29, 1.82) is 0 Å². The van der Waals surface area contributed by atoms with E-state index in [0.717, 1.165) is 18.8 Å². The summed E-state index contributed by atoms with van der Waals surface area (Å²) in [5.74, 6) is 0. The average molecular weight is 177 g/mol. The van der Waals surface area contributed by atoms with Crippen LogP contribution in [0.1, 0.15) is 6.42 Å². The first-order valence-electron chi connectivity index (χ1n) is 4.64. The van der Waals surface area contributed by atoms with E-state index in [1.165, 1.54) is 6.42 Å². The predicted molar refractivity (Wildman–Crippen MR) is 56.9 cm³/mol. The van der Waals surface area contributed by atoms with Crippen LogP contribution in [-0.4, -0.2) is 32.1 Å². The van der Waals surface area contributed by atoms with Gasteiger partial charge in [-0.2, -0.15) is 0 Å². The molecule has 1 N–H and O–H groups in total. The van der Waals surface area contributed by atoms with Crippen molar-refractivity contribution in [2.45, 2.75) is 6.42 Å². The number of rotatable bonds is 5. The summed E-state index contributed by atoms with van der Waals surface area (Å²) in [4.78, 5) is 2.19. The fourth-order valence-corrected chi connectivity index (χ4v) is 1.13. The second kappa shape index (κ2) is 5.60. The van der Waals surface area contributed by atoms with Crippen molar-refractivity contribution in [3.63, 3.8) is 0 Å². The Kier molecular flexibility index (Phi) is 4.33. The van der Waals surface area contributed by atoms with Crippen LogP contribution in [0.3, 0.4) is 0 Å². The SMILES string of the molecule is CN(C)CCCNc1c[c]ccc1. The molecule has 71 valence electrons. The zero-order valence-electron chi connectivity index (χ0n) is 8.38. The smallest absolute Gasteiger partial charge is 0.0346 e. The fraction of sp³-hybridized carbons (Fsp3) is 0.455. The number of nitrogens with one attached hydrogen (secondary N) is 1. The van der Waals surface area contributed by atoms with Gasteiger partial charge in [-0.05, 0) is 45.3 Å². The molecule has 0 aromatic heterocycles. The van der Waals surface area contributed by atoms with Crippen LogP contribution in [0, 0.1) is 6.07 Å². The van der Waals surface area contributed by atoms with Crippen LogP contribution in [0.25, 0.3) is 0 Å². The predicted octanol–water partition coefficient (Wildman–Crippen LogP) is 1.85. The van der Waals surface area contributed by atoms with Gasteiger partial charge in [-0.1, -0.05) is 12.1 Å². The molecule has 2 nitrogen and oxygen atoms in total. The molecule has 1 rings (SSSR count). The molecule has 0 heterocycles. The lowest BCUT2D eigenvalue weighted by molar-refractivity contribution is 0.405. The molecule has 2 heteroatoms. The third-order valence-electron chi connectivity index (χ3n) is 1.82. The standard InChI is InChI=1S/C11H17N2/c1-13(2)10-6-9-12-11-7-4-3-5-8-11/h3-4,7-8,12H,6,9-10H2,1-2H3. The number of nitrogens with zero attached hydrogens (tertiary/aromatic N) is 1. The highest BCUT2D eigenvalue weighted by Gasteiger charge is 1.91. The van der Waals surface area contributed by atoms with Gasteiger partial charge in [0.05, 0.1) is 0 Å². The molecule has 0 saturated carbocycles. The maximum atomic E-state index is 3.34. The minimum absolute atomic E-state index is 1.02. The third kappa shape index (κ3) is 4.53. The Labute approximate surface area is 80.6 Å². The van der Waals surface area contributed by atoms with Crippen molar-refractivity contribution in [3.8, 4) is 0 Å². The first-order valence-corrected chi connectivity index (χ1v) is 4.64. The summed E-state index contributed by atoms with van der Waals surface area (Å²) in [5.41, 5.74) is 1.15. The van der Waals surface area contributed by atoms with Gasteiger partial charge >= 0.3 is 0 Å². The summed E-state index contributed by atoms with van der Waals surface area (Å²) in [6.45, 7) is 2.15. The summed E-state index contributed by atoms with van der Waals surface area (Å²) in [5, 5.41) is 3.34. The molecule has 0 amide bonds. The quantitative estimate of drug-likeness (QED) is 0.690. The molecule has 0 atom stereocenters. The highest BCUT2D eigenvalue weighted by molar-refractivity contribution is 5.41. The van der Waals surface area contributed by atoms with E-state index in [9.17, 15) is 0 Å². The van der Waals surface area contributed by atoms with Gasteiger partial charge in [0.2, 0.25) is 0 Å². The van der Waals surface area contributed by atoms with E-state index in [0.29, 0.717) is 0 Å². The molecule has 0 aliphatic heterocycles. The maximum Gasteiger partial charge on any atom is 0.0346 e. The molecule has 13 heavy (non-hydrogen) atoms. The molecule has 0 bridgehead atoms. The van der Waals surface area contributed by atoms with Gasteiger partial charge < -0.3 is 10.2 Å². The zero-order chi connectivity index (χ0) is 9.52. The number of anilines is 1. The van der Waals surface area contributed by atoms with Crippen LogP contribution in [0.4, 0.5) is 5.69 Å². The highest BCUT2D eigenvalue weighted by Crippen LogP contribution is 2.03. The Morgan fingerprint density at radius 1 is 1.46 bits per heavy atom. The summed E-state index contributed by atoms with van der Waals surface area (Å²) in [7, 11) is 4.19. The molecule has 0 aliphatic carbocycles. The van der Waals surface area contributed by atoms with Gasteiger partial charge in [-0.25, -0.2) is 0 Å². The molecule has 1 aromatic carbocycles. The molecule has 1 aromatic rings. The lowest BCUT2D eigenvalue weighted by Gasteiger charge is -2.10. The molecular weight excluding hydrogens is 160 g/mol. The summed E-state index contributed by atoms with van der Waals surface area (Å²) >= 11 is 0. The molecule has 0 saturated heterocycles. The second-order valence-corrected chi connectivity index (χ2v) is 3.38. The Morgan fingerprint density at radius 2 is 2.31 bits per heavy atom. The van der Waals surface area contributed by atoms with E-state index in [1.54, 1.807) is 0 Å². The summed E-state index contributed by atoms with van der Waals surface area (Å²) < 4.78 is 0. The van der Waals surface area contributed by atoms with Crippen LogP contribution in [0.5, 0.6) is 0 Å². The Bertz CT molecular complexity index is 219. The maximum absolute atomic E-state index is 3.34. The minimum atomic E-state index is 1.02. The fourth-order valence-electron chi connectivity index (χ4n) is 1.13. The zero-order valence-corrected chi connectivity index (χ0v) is 8.38. The van der Waals surface area contributed by atoms with Crippen LogP contribution in [0.15, 0.2) is 24.3 Å². The van der Waals surface area contributed by atoms with Crippen molar-refractivity contribution in [1.82, 2.24) is 4.90 Å². The van der Waals surface area contributed by atoms with E-state index >= 15 is 0 Å². The van der Waals surface area contributed by atoms with Gasteiger partial charge in [0, 0.05) is 12.2 Å². The molecule has 0 spiro atoms. The molecule has 0 fully saturated rings. The third-order valence-corrected chi connectivity index (χ3v) is 1.82. The van der Waals surface area contributed by atoms with E-state index in [-0.39, 0.29) is 0 Å². The van der Waals surface area contributed by atoms with Crippen LogP contribution < -0.4 is 5.32 Å². The second-order valence-electron chi connectivity index (χ2n) is 3.38. The van der Waals surface area contributed by atoms with Crippen molar-refractivity contribution in [2.75, 3.05) is 32.5 Å². The van der Waals surface area contributed by atoms with E-state index in [1.807, 2.05) is 18.2 Å². The number of benzene rings is 1. The van der Waals surface area contributed by atoms with Crippen molar-refractivity contribution in [2.24, 2.45) is 0 Å². The number of hydrogen-bond acceptors (Lipinski definition) is 2. The first kappa shape index (κ1) is 10.1. The monoisotopic (exact) mass is 177 g/mol. The average Bonchev–Trinajstić information content (AvgIpc) is 2.14. The number of hydrogen-bond donors (Lipinski definition) is 1. The molecule has 1 radical (unpaired) electrons. The Hall–Kier alpha value is -1.02. The lowest BCUT2D eigenvalue weighted by atomic mass is 10.3. The molecule has 0 unspecified atom stereocenters. The van der Waals surface area contributed by atoms with Gasteiger partial charge in [-0.15, -0.1) is 0 Å². The normalized spacial score (nSPS) is 10.4. The largest absolute Gasteiger partial charge is 0.385 e. The highest BCUT2D eigenvalue weighted by atomic mass is 15.1. The Morgan fingerprint density at radius 3 is 2.92 bits per heavy atom. The summed E-state index contributed by atoms with van der Waals surface area (Å²) in [6.07, 6.45) is 1.17. The minimum Gasteiger partial charge on any atom is -0.385 e. The van der Waals surface area contributed by atoms with Gasteiger partial charge in [0.25, 0.3) is 0 Å². The summed E-state index contributed by atoms with van der Waals surface area (Å²) in [6, 6.07) is 11.0. The Balaban J connectivity index is 2.13. The van der Waals surface area contributed by atoms with E-state index in [4.69, 9.17) is 0 Å². The van der Waals surface area contributed by atoms with Gasteiger partial charge in [0.15, 0.2) is 0 Å².